The SMILES string of the molecule is CC(c1cccc(CC(=O)OCCCN(C)C)c1)n1nc(-c2cc(F)cc(F)c2)ccc1=O. The van der Waals surface area contributed by atoms with Crippen LogP contribution < -0.4 is 5.56 Å². The first-order valence-electron chi connectivity index (χ1n) is 10.7. The molecule has 0 fully saturated rings. The monoisotopic (exact) mass is 455 g/mol. The molecule has 0 aliphatic heterocycles. The van der Waals surface area contributed by atoms with Gasteiger partial charge < -0.3 is 9.64 Å². The zero-order valence-corrected chi connectivity index (χ0v) is 18.9. The first kappa shape index (κ1) is 24.3. The van der Waals surface area contributed by atoms with E-state index in [1.807, 2.05) is 37.2 Å². The van der Waals surface area contributed by atoms with Crippen molar-refractivity contribution in [1.82, 2.24) is 14.7 Å². The highest BCUT2D eigenvalue weighted by molar-refractivity contribution is 5.72. The molecule has 0 spiro atoms. The highest BCUT2D eigenvalue weighted by atomic mass is 19.1. The molecule has 0 radical (unpaired) electrons. The van der Waals surface area contributed by atoms with Crippen LogP contribution in [-0.4, -0.2) is 47.9 Å². The van der Waals surface area contributed by atoms with Crippen molar-refractivity contribution in [1.29, 1.82) is 0 Å². The van der Waals surface area contributed by atoms with Gasteiger partial charge in [0.1, 0.15) is 11.6 Å². The molecule has 3 aromatic rings. The number of carbonyl (C=O) groups excluding carboxylic acids is 1. The summed E-state index contributed by atoms with van der Waals surface area (Å²) in [7, 11) is 3.92. The summed E-state index contributed by atoms with van der Waals surface area (Å²) in [6.45, 7) is 2.99. The van der Waals surface area contributed by atoms with Crippen LogP contribution in [-0.2, 0) is 16.0 Å². The molecule has 1 aromatic heterocycles. The summed E-state index contributed by atoms with van der Waals surface area (Å²) in [6.07, 6.45) is 0.878. The minimum Gasteiger partial charge on any atom is -0.465 e. The quantitative estimate of drug-likeness (QED) is 0.362. The Kier molecular flexibility index (Phi) is 8.06. The Labute approximate surface area is 191 Å². The van der Waals surface area contributed by atoms with Gasteiger partial charge in [-0.3, -0.25) is 9.59 Å². The average Bonchev–Trinajstić information content (AvgIpc) is 2.76. The Morgan fingerprint density at radius 2 is 1.82 bits per heavy atom. The van der Waals surface area contributed by atoms with Gasteiger partial charge in [-0.1, -0.05) is 24.3 Å². The molecule has 33 heavy (non-hydrogen) atoms. The van der Waals surface area contributed by atoms with Gasteiger partial charge in [0, 0.05) is 24.2 Å². The van der Waals surface area contributed by atoms with Crippen molar-refractivity contribution >= 4 is 5.97 Å². The van der Waals surface area contributed by atoms with Crippen LogP contribution in [0.15, 0.2) is 59.4 Å². The van der Waals surface area contributed by atoms with E-state index < -0.39 is 17.7 Å². The Balaban J connectivity index is 1.76. The number of hydrogen-bond acceptors (Lipinski definition) is 5. The summed E-state index contributed by atoms with van der Waals surface area (Å²) in [5, 5.41) is 4.33. The molecule has 0 amide bonds. The van der Waals surface area contributed by atoms with Crippen molar-refractivity contribution in [2.45, 2.75) is 25.8 Å². The molecule has 0 saturated heterocycles. The lowest BCUT2D eigenvalue weighted by atomic mass is 10.0. The molecular formula is C25H27F2N3O3. The predicted molar refractivity (Wildman–Crippen MR) is 122 cm³/mol. The molecular weight excluding hydrogens is 428 g/mol. The van der Waals surface area contributed by atoms with Crippen LogP contribution in [0, 0.1) is 11.6 Å². The molecule has 8 heteroatoms. The molecule has 0 aliphatic rings. The van der Waals surface area contributed by atoms with Crippen molar-refractivity contribution in [3.05, 3.63) is 87.7 Å². The minimum absolute atomic E-state index is 0.119. The number of halogens is 2. The molecule has 1 heterocycles. The fourth-order valence-electron chi connectivity index (χ4n) is 3.45. The van der Waals surface area contributed by atoms with E-state index in [0.29, 0.717) is 6.61 Å². The number of rotatable bonds is 9. The van der Waals surface area contributed by atoms with Crippen LogP contribution in [0.4, 0.5) is 8.78 Å². The molecule has 1 unspecified atom stereocenters. The van der Waals surface area contributed by atoms with Gasteiger partial charge in [-0.15, -0.1) is 0 Å². The number of nitrogens with zero attached hydrogens (tertiary/aromatic N) is 3. The number of ether oxygens (including phenoxy) is 1. The van der Waals surface area contributed by atoms with Crippen molar-refractivity contribution in [2.75, 3.05) is 27.2 Å². The van der Waals surface area contributed by atoms with Gasteiger partial charge in [-0.05, 0) is 56.8 Å². The number of hydrogen-bond donors (Lipinski definition) is 0. The topological polar surface area (TPSA) is 64.4 Å². The zero-order chi connectivity index (χ0) is 24.0. The van der Waals surface area contributed by atoms with Crippen molar-refractivity contribution in [3.63, 3.8) is 0 Å². The summed E-state index contributed by atoms with van der Waals surface area (Å²) in [4.78, 5) is 26.7. The number of esters is 1. The van der Waals surface area contributed by atoms with Crippen molar-refractivity contribution < 1.29 is 18.3 Å². The Morgan fingerprint density at radius 1 is 1.09 bits per heavy atom. The fraction of sp³-hybridized carbons (Fsp3) is 0.320. The zero-order valence-electron chi connectivity index (χ0n) is 18.9. The maximum atomic E-state index is 13.6. The smallest absolute Gasteiger partial charge is 0.310 e. The van der Waals surface area contributed by atoms with Crippen LogP contribution in [0.1, 0.15) is 30.5 Å². The fourth-order valence-corrected chi connectivity index (χ4v) is 3.45. The van der Waals surface area contributed by atoms with Gasteiger partial charge in [0.15, 0.2) is 0 Å². The summed E-state index contributed by atoms with van der Waals surface area (Å²) in [5.74, 6) is -1.76. The molecule has 0 N–H and O–H groups in total. The Hall–Kier alpha value is -3.39. The van der Waals surface area contributed by atoms with E-state index in [0.717, 1.165) is 42.3 Å². The van der Waals surface area contributed by atoms with Gasteiger partial charge >= 0.3 is 5.97 Å². The molecule has 0 bridgehead atoms. The first-order chi connectivity index (χ1) is 15.7. The normalized spacial score (nSPS) is 12.1. The summed E-state index contributed by atoms with van der Waals surface area (Å²) in [6, 6.07) is 12.7. The predicted octanol–water partition coefficient (Wildman–Crippen LogP) is 3.84. The molecule has 2 aromatic carbocycles. The van der Waals surface area contributed by atoms with E-state index in [1.54, 1.807) is 13.0 Å². The average molecular weight is 456 g/mol. The number of carbonyl (C=O) groups is 1. The van der Waals surface area contributed by atoms with Crippen molar-refractivity contribution in [2.24, 2.45) is 0 Å². The Morgan fingerprint density at radius 3 is 2.52 bits per heavy atom. The van der Waals surface area contributed by atoms with E-state index in [9.17, 15) is 18.4 Å². The van der Waals surface area contributed by atoms with Crippen LogP contribution in [0.5, 0.6) is 0 Å². The Bertz CT molecular complexity index is 1160. The third kappa shape index (κ3) is 6.79. The second kappa shape index (κ2) is 11.0. The maximum absolute atomic E-state index is 13.6. The second-order valence-electron chi connectivity index (χ2n) is 8.13. The summed E-state index contributed by atoms with van der Waals surface area (Å²) < 4.78 is 33.8. The minimum atomic E-state index is -0.723. The van der Waals surface area contributed by atoms with Crippen LogP contribution in [0.2, 0.25) is 0 Å². The molecule has 6 nitrogen and oxygen atoms in total. The first-order valence-corrected chi connectivity index (χ1v) is 10.7. The van der Waals surface area contributed by atoms with E-state index >= 15 is 0 Å². The molecule has 3 rings (SSSR count). The lowest BCUT2D eigenvalue weighted by Gasteiger charge is -2.16. The summed E-state index contributed by atoms with van der Waals surface area (Å²) in [5.41, 5.74) is 1.68. The van der Waals surface area contributed by atoms with E-state index in [-0.39, 0.29) is 29.2 Å². The van der Waals surface area contributed by atoms with Gasteiger partial charge in [0.05, 0.1) is 24.8 Å². The van der Waals surface area contributed by atoms with E-state index in [2.05, 4.69) is 5.10 Å². The van der Waals surface area contributed by atoms with Crippen LogP contribution in [0.25, 0.3) is 11.3 Å². The molecule has 0 aliphatic carbocycles. The molecule has 174 valence electrons. The van der Waals surface area contributed by atoms with Gasteiger partial charge in [0.2, 0.25) is 0 Å². The number of aromatic nitrogens is 2. The lowest BCUT2D eigenvalue weighted by Crippen LogP contribution is -2.26. The third-order valence-electron chi connectivity index (χ3n) is 5.14. The number of benzene rings is 2. The van der Waals surface area contributed by atoms with Crippen LogP contribution >= 0.6 is 0 Å². The molecule has 1 atom stereocenters. The highest BCUT2D eigenvalue weighted by Crippen LogP contribution is 2.21. The lowest BCUT2D eigenvalue weighted by molar-refractivity contribution is -0.143. The standard InChI is InChI=1S/C25H27F2N3O3/c1-17(19-7-4-6-18(12-19)13-25(32)33-11-5-10-29(2)3)30-24(31)9-8-23(28-30)20-14-21(26)16-22(27)15-20/h4,6-9,12,14-17H,5,10-11,13H2,1-3H3. The summed E-state index contributed by atoms with van der Waals surface area (Å²) >= 11 is 0. The van der Waals surface area contributed by atoms with Gasteiger partial charge in [-0.2, -0.15) is 5.10 Å². The highest BCUT2D eigenvalue weighted by Gasteiger charge is 2.15. The molecule has 0 saturated carbocycles. The van der Waals surface area contributed by atoms with E-state index in [4.69, 9.17) is 4.74 Å². The van der Waals surface area contributed by atoms with Gasteiger partial charge in [-0.25, -0.2) is 13.5 Å². The van der Waals surface area contributed by atoms with Crippen molar-refractivity contribution in [3.8, 4) is 11.3 Å². The largest absolute Gasteiger partial charge is 0.465 e. The maximum Gasteiger partial charge on any atom is 0.310 e. The third-order valence-corrected chi connectivity index (χ3v) is 5.14. The second-order valence-corrected chi connectivity index (χ2v) is 8.13. The van der Waals surface area contributed by atoms with E-state index in [1.165, 1.54) is 16.8 Å². The van der Waals surface area contributed by atoms with Gasteiger partial charge in [0.25, 0.3) is 5.56 Å². The van der Waals surface area contributed by atoms with Crippen LogP contribution in [0.3, 0.4) is 0 Å².